The molecule has 5 rings (SSSR count). The smallest absolute Gasteiger partial charge is 0.334 e. The minimum absolute atomic E-state index is 0.0135. The monoisotopic (exact) mass is 520 g/mol. The van der Waals surface area contributed by atoms with Crippen LogP contribution in [0.25, 0.3) is 0 Å². The van der Waals surface area contributed by atoms with Gasteiger partial charge in [0.1, 0.15) is 29.0 Å². The van der Waals surface area contributed by atoms with Crippen LogP contribution in [0.4, 0.5) is 0 Å². The van der Waals surface area contributed by atoms with E-state index < -0.39 is 75.1 Å². The number of hydrogen-bond acceptors (Lipinski definition) is 9. The largest absolute Gasteiger partial charge is 0.455 e. The maximum absolute atomic E-state index is 13.3. The van der Waals surface area contributed by atoms with E-state index in [0.717, 1.165) is 5.57 Å². The zero-order valence-electron chi connectivity index (χ0n) is 22.2. The first-order valence-electron chi connectivity index (χ1n) is 13.3. The summed E-state index contributed by atoms with van der Waals surface area (Å²) in [6.07, 6.45) is -0.766. The minimum atomic E-state index is -2.11. The fourth-order valence-corrected chi connectivity index (χ4v) is 9.03. The molecule has 9 nitrogen and oxygen atoms in total. The molecule has 0 unspecified atom stereocenters. The fourth-order valence-electron chi connectivity index (χ4n) is 9.03. The molecular weight excluding hydrogens is 480 g/mol. The maximum atomic E-state index is 13.3. The molecule has 9 heteroatoms. The van der Waals surface area contributed by atoms with Crippen LogP contribution in [-0.4, -0.2) is 83.1 Å². The molecule has 3 fully saturated rings. The molecule has 0 radical (unpaired) electrons. The third-order valence-electron chi connectivity index (χ3n) is 11.9. The number of rotatable bonds is 2. The molecule has 5 aliphatic rings. The predicted molar refractivity (Wildman–Crippen MR) is 131 cm³/mol. The van der Waals surface area contributed by atoms with Crippen LogP contribution < -0.4 is 0 Å². The van der Waals surface area contributed by atoms with Crippen molar-refractivity contribution in [3.05, 3.63) is 23.3 Å². The van der Waals surface area contributed by atoms with Crippen molar-refractivity contribution >= 4 is 11.8 Å². The molecule has 1 heterocycles. The highest BCUT2D eigenvalue weighted by atomic mass is 16.6. The average molecular weight is 521 g/mol. The van der Waals surface area contributed by atoms with Crippen molar-refractivity contribution in [2.45, 2.75) is 114 Å². The number of ether oxygens (including phenoxy) is 1. The van der Waals surface area contributed by atoms with Crippen LogP contribution in [0, 0.1) is 22.7 Å². The van der Waals surface area contributed by atoms with E-state index in [9.17, 15) is 40.2 Å². The predicted octanol–water partition coefficient (Wildman–Crippen LogP) is 0.680. The van der Waals surface area contributed by atoms with E-state index in [1.807, 2.05) is 0 Å². The highest BCUT2D eigenvalue weighted by molar-refractivity contribution is 5.97. The van der Waals surface area contributed by atoms with Gasteiger partial charge in [-0.15, -0.1) is 0 Å². The number of fused-ring (bicyclic) bond motifs is 5. The first-order valence-corrected chi connectivity index (χ1v) is 13.3. The second-order valence-corrected chi connectivity index (χ2v) is 13.0. The molecule has 0 amide bonds. The summed E-state index contributed by atoms with van der Waals surface area (Å²) in [5, 5.41) is 70.0. The number of ketones is 1. The molecule has 3 saturated carbocycles. The van der Waals surface area contributed by atoms with E-state index in [1.54, 1.807) is 27.7 Å². The Morgan fingerprint density at radius 3 is 2.30 bits per heavy atom. The summed E-state index contributed by atoms with van der Waals surface area (Å²) in [5.41, 5.74) is -9.08. The summed E-state index contributed by atoms with van der Waals surface area (Å²) in [7, 11) is 0. The molecule has 206 valence electrons. The second kappa shape index (κ2) is 7.73. The van der Waals surface area contributed by atoms with Crippen LogP contribution in [0.2, 0.25) is 0 Å². The molecule has 0 spiro atoms. The van der Waals surface area contributed by atoms with Gasteiger partial charge >= 0.3 is 5.97 Å². The van der Waals surface area contributed by atoms with E-state index in [4.69, 9.17) is 4.74 Å². The Kier molecular flexibility index (Phi) is 5.64. The van der Waals surface area contributed by atoms with Gasteiger partial charge in [0, 0.05) is 17.4 Å². The molecule has 4 aliphatic carbocycles. The van der Waals surface area contributed by atoms with E-state index in [-0.39, 0.29) is 32.1 Å². The first kappa shape index (κ1) is 27.0. The van der Waals surface area contributed by atoms with Gasteiger partial charge in [0.25, 0.3) is 0 Å². The molecular formula is C28H40O9. The number of aliphatic hydroxyl groups is 6. The van der Waals surface area contributed by atoms with Gasteiger partial charge < -0.3 is 35.4 Å². The van der Waals surface area contributed by atoms with Gasteiger partial charge in [-0.1, -0.05) is 12.5 Å². The lowest BCUT2D eigenvalue weighted by Gasteiger charge is -2.67. The summed E-state index contributed by atoms with van der Waals surface area (Å²) >= 11 is 0. The molecule has 0 aromatic rings. The molecule has 0 saturated heterocycles. The van der Waals surface area contributed by atoms with E-state index in [0.29, 0.717) is 12.0 Å². The summed E-state index contributed by atoms with van der Waals surface area (Å²) in [4.78, 5) is 25.7. The van der Waals surface area contributed by atoms with Crippen LogP contribution >= 0.6 is 0 Å². The Bertz CT molecular complexity index is 1110. The topological polar surface area (TPSA) is 165 Å². The highest BCUT2D eigenvalue weighted by Crippen LogP contribution is 2.71. The van der Waals surface area contributed by atoms with Crippen LogP contribution in [0.1, 0.15) is 73.1 Å². The lowest BCUT2D eigenvalue weighted by molar-refractivity contribution is -0.308. The normalized spacial score (nSPS) is 53.2. The number of esters is 1. The molecule has 1 aliphatic heterocycles. The quantitative estimate of drug-likeness (QED) is 0.287. The summed E-state index contributed by atoms with van der Waals surface area (Å²) in [6, 6.07) is 0. The van der Waals surface area contributed by atoms with Crippen molar-refractivity contribution in [3.8, 4) is 0 Å². The highest BCUT2D eigenvalue weighted by Gasteiger charge is 2.79. The van der Waals surface area contributed by atoms with E-state index in [2.05, 4.69) is 0 Å². The number of cyclic esters (lactones) is 1. The SMILES string of the molecule is CC1=C(C)C(=O)O[C@@H]([C@](C)(O)[C@]2(O)CC[C@@]3(O)[C@@H]4C[C@H](O)[C@@]5(O)[C@@H](O)C=CC(=O)[C@]5(C)[C@H]4CC[C@]23C)C1. The van der Waals surface area contributed by atoms with E-state index >= 15 is 0 Å². The maximum Gasteiger partial charge on any atom is 0.334 e. The number of hydrogen-bond donors (Lipinski definition) is 6. The second-order valence-electron chi connectivity index (χ2n) is 13.0. The van der Waals surface area contributed by atoms with Crippen molar-refractivity contribution in [2.24, 2.45) is 22.7 Å². The third kappa shape index (κ3) is 2.85. The Morgan fingerprint density at radius 1 is 1.03 bits per heavy atom. The zero-order chi connectivity index (χ0) is 27.6. The fraction of sp³-hybridized carbons (Fsp3) is 0.786. The van der Waals surface area contributed by atoms with Crippen molar-refractivity contribution in [2.75, 3.05) is 0 Å². The van der Waals surface area contributed by atoms with Crippen molar-refractivity contribution in [1.82, 2.24) is 0 Å². The van der Waals surface area contributed by atoms with E-state index in [1.165, 1.54) is 19.1 Å². The van der Waals surface area contributed by atoms with Gasteiger partial charge in [-0.3, -0.25) is 4.79 Å². The van der Waals surface area contributed by atoms with Gasteiger partial charge in [0.05, 0.1) is 17.1 Å². The van der Waals surface area contributed by atoms with Gasteiger partial charge in [0.15, 0.2) is 5.78 Å². The van der Waals surface area contributed by atoms with Crippen molar-refractivity contribution in [1.29, 1.82) is 0 Å². The van der Waals surface area contributed by atoms with Crippen LogP contribution in [0.5, 0.6) is 0 Å². The lowest BCUT2D eigenvalue weighted by atomic mass is 9.40. The zero-order valence-corrected chi connectivity index (χ0v) is 22.2. The van der Waals surface area contributed by atoms with Crippen LogP contribution in [0.15, 0.2) is 23.3 Å². The molecule has 11 atom stereocenters. The number of carbonyl (C=O) groups excluding carboxylic acids is 2. The van der Waals surface area contributed by atoms with Gasteiger partial charge in [-0.2, -0.15) is 0 Å². The molecule has 0 aromatic heterocycles. The minimum Gasteiger partial charge on any atom is -0.455 e. The van der Waals surface area contributed by atoms with Crippen molar-refractivity contribution < 1.29 is 45.0 Å². The molecule has 37 heavy (non-hydrogen) atoms. The molecule has 6 N–H and O–H groups in total. The van der Waals surface area contributed by atoms with Gasteiger partial charge in [-0.25, -0.2) is 4.79 Å². The van der Waals surface area contributed by atoms with Crippen molar-refractivity contribution in [3.63, 3.8) is 0 Å². The molecule has 0 aromatic carbocycles. The number of aliphatic hydroxyl groups excluding tert-OH is 2. The third-order valence-corrected chi connectivity index (χ3v) is 11.9. The lowest BCUT2D eigenvalue weighted by Crippen LogP contribution is -2.77. The Hall–Kier alpha value is -1.62. The van der Waals surface area contributed by atoms with Crippen LogP contribution in [0.3, 0.4) is 0 Å². The number of allylic oxidation sites excluding steroid dienone is 1. The van der Waals surface area contributed by atoms with Gasteiger partial charge in [0.2, 0.25) is 0 Å². The Balaban J connectivity index is 1.56. The standard InChI is InChI=1S/C28H40O9/c1-14-12-21(37-22(32)15(14)2)25(5,33)27(35)11-10-26(34)17-13-20(31)28(36)19(30)7-6-18(29)24(28,4)16(17)8-9-23(26,27)3/h6-7,16-17,19-21,30-31,33-36H,8-13H2,1-5H3/t16-,17+,19-,20-,21+,23-,24-,25-,26+,27-,28-/m0/s1. The molecule has 0 bridgehead atoms. The summed E-state index contributed by atoms with van der Waals surface area (Å²) < 4.78 is 5.58. The average Bonchev–Trinajstić information content (AvgIpc) is 3.06. The first-order chi connectivity index (χ1) is 16.9. The Morgan fingerprint density at radius 2 is 1.68 bits per heavy atom. The number of carbonyl (C=O) groups is 2. The summed E-state index contributed by atoms with van der Waals surface area (Å²) in [5.74, 6) is -2.26. The Labute approximate surface area is 216 Å². The van der Waals surface area contributed by atoms with Gasteiger partial charge in [-0.05, 0) is 83.8 Å². The summed E-state index contributed by atoms with van der Waals surface area (Å²) in [6.45, 7) is 8.16. The van der Waals surface area contributed by atoms with Crippen LogP contribution in [-0.2, 0) is 14.3 Å².